The van der Waals surface area contributed by atoms with Crippen LogP contribution in [0.15, 0.2) is 18.2 Å². The third-order valence-electron chi connectivity index (χ3n) is 3.18. The van der Waals surface area contributed by atoms with E-state index in [4.69, 9.17) is 10.5 Å². The summed E-state index contributed by atoms with van der Waals surface area (Å²) >= 11 is 0. The lowest BCUT2D eigenvalue weighted by Gasteiger charge is -2.13. The quantitative estimate of drug-likeness (QED) is 0.820. The SMILES string of the molecule is CCCC(C)n1nnnc1-c1ccc(OCC)c(N)c1. The van der Waals surface area contributed by atoms with Crippen molar-refractivity contribution >= 4 is 5.69 Å². The highest BCUT2D eigenvalue weighted by Gasteiger charge is 2.15. The van der Waals surface area contributed by atoms with Gasteiger partial charge in [0.05, 0.1) is 18.3 Å². The Morgan fingerprint density at radius 2 is 2.15 bits per heavy atom. The third-order valence-corrected chi connectivity index (χ3v) is 3.18. The molecule has 0 fully saturated rings. The minimum absolute atomic E-state index is 0.262. The number of rotatable bonds is 6. The molecule has 1 aromatic carbocycles. The van der Waals surface area contributed by atoms with Crippen molar-refractivity contribution in [3.05, 3.63) is 18.2 Å². The summed E-state index contributed by atoms with van der Waals surface area (Å²) in [6.07, 6.45) is 2.12. The first-order valence-electron chi connectivity index (χ1n) is 6.97. The van der Waals surface area contributed by atoms with E-state index in [-0.39, 0.29) is 6.04 Å². The van der Waals surface area contributed by atoms with Gasteiger partial charge in [-0.3, -0.25) is 0 Å². The number of nitrogens with zero attached hydrogens (tertiary/aromatic N) is 4. The van der Waals surface area contributed by atoms with Crippen LogP contribution >= 0.6 is 0 Å². The first-order chi connectivity index (χ1) is 9.67. The summed E-state index contributed by atoms with van der Waals surface area (Å²) in [4.78, 5) is 0. The molecule has 2 N–H and O–H groups in total. The molecule has 0 aliphatic rings. The number of tetrazole rings is 1. The Kier molecular flexibility index (Phi) is 4.55. The van der Waals surface area contributed by atoms with Gasteiger partial charge in [-0.2, -0.15) is 0 Å². The normalized spacial score (nSPS) is 12.3. The molecule has 0 bridgehead atoms. The van der Waals surface area contributed by atoms with E-state index in [1.165, 1.54) is 0 Å². The van der Waals surface area contributed by atoms with E-state index < -0.39 is 0 Å². The van der Waals surface area contributed by atoms with Crippen LogP contribution < -0.4 is 10.5 Å². The van der Waals surface area contributed by atoms with Crippen molar-refractivity contribution in [2.75, 3.05) is 12.3 Å². The summed E-state index contributed by atoms with van der Waals surface area (Å²) in [6.45, 7) is 6.78. The van der Waals surface area contributed by atoms with Crippen molar-refractivity contribution < 1.29 is 4.74 Å². The van der Waals surface area contributed by atoms with E-state index in [1.807, 2.05) is 29.8 Å². The van der Waals surface area contributed by atoms with Crippen LogP contribution in [0.2, 0.25) is 0 Å². The van der Waals surface area contributed by atoms with E-state index in [1.54, 1.807) is 0 Å². The molecule has 1 heterocycles. The molecule has 0 amide bonds. The van der Waals surface area contributed by atoms with Crippen molar-refractivity contribution in [3.8, 4) is 17.1 Å². The van der Waals surface area contributed by atoms with Crippen LogP contribution in [-0.4, -0.2) is 26.8 Å². The average Bonchev–Trinajstić information content (AvgIpc) is 2.91. The summed E-state index contributed by atoms with van der Waals surface area (Å²) in [7, 11) is 0. The maximum atomic E-state index is 6.00. The molecule has 6 nitrogen and oxygen atoms in total. The molecule has 1 aromatic heterocycles. The average molecular weight is 275 g/mol. The second kappa shape index (κ2) is 6.36. The molecule has 0 radical (unpaired) electrons. The maximum Gasteiger partial charge on any atom is 0.182 e. The molecule has 0 spiro atoms. The molecule has 2 rings (SSSR count). The predicted octanol–water partition coefficient (Wildman–Crippen LogP) is 2.68. The number of benzene rings is 1. The van der Waals surface area contributed by atoms with Gasteiger partial charge in [-0.05, 0) is 48.9 Å². The zero-order chi connectivity index (χ0) is 14.5. The fraction of sp³-hybridized carbons (Fsp3) is 0.500. The molecule has 1 atom stereocenters. The maximum absolute atomic E-state index is 6.00. The Labute approximate surface area is 118 Å². The van der Waals surface area contributed by atoms with Crippen LogP contribution in [0.3, 0.4) is 0 Å². The number of aromatic nitrogens is 4. The molecule has 0 saturated heterocycles. The zero-order valence-electron chi connectivity index (χ0n) is 12.2. The lowest BCUT2D eigenvalue weighted by molar-refractivity contribution is 0.342. The fourth-order valence-corrected chi connectivity index (χ4v) is 2.20. The molecule has 6 heteroatoms. The zero-order valence-corrected chi connectivity index (χ0v) is 12.2. The molecule has 0 aliphatic heterocycles. The minimum atomic E-state index is 0.262. The van der Waals surface area contributed by atoms with E-state index in [9.17, 15) is 0 Å². The predicted molar refractivity (Wildman–Crippen MR) is 78.5 cm³/mol. The molecule has 1 unspecified atom stereocenters. The van der Waals surface area contributed by atoms with Crippen LogP contribution in [0.1, 0.15) is 39.7 Å². The Bertz CT molecular complexity index is 566. The lowest BCUT2D eigenvalue weighted by atomic mass is 10.1. The van der Waals surface area contributed by atoms with Gasteiger partial charge >= 0.3 is 0 Å². The second-order valence-electron chi connectivity index (χ2n) is 4.77. The Balaban J connectivity index is 2.33. The monoisotopic (exact) mass is 275 g/mol. The molecule has 108 valence electrons. The third kappa shape index (κ3) is 2.89. The van der Waals surface area contributed by atoms with Gasteiger partial charge in [0, 0.05) is 5.56 Å². The van der Waals surface area contributed by atoms with Gasteiger partial charge in [0.25, 0.3) is 0 Å². The van der Waals surface area contributed by atoms with Crippen LogP contribution in [0.4, 0.5) is 5.69 Å². The number of nitrogens with two attached hydrogens (primary N) is 1. The Morgan fingerprint density at radius 1 is 1.35 bits per heavy atom. The number of hydrogen-bond donors (Lipinski definition) is 1. The van der Waals surface area contributed by atoms with Gasteiger partial charge in [-0.15, -0.1) is 5.10 Å². The molecular weight excluding hydrogens is 254 g/mol. The van der Waals surface area contributed by atoms with Gasteiger partial charge in [0.1, 0.15) is 5.75 Å². The number of anilines is 1. The second-order valence-corrected chi connectivity index (χ2v) is 4.77. The summed E-state index contributed by atoms with van der Waals surface area (Å²) in [5.74, 6) is 1.43. The number of hydrogen-bond acceptors (Lipinski definition) is 5. The molecule has 0 aliphatic carbocycles. The molecule has 20 heavy (non-hydrogen) atoms. The first kappa shape index (κ1) is 14.3. The first-order valence-corrected chi connectivity index (χ1v) is 6.97. The van der Waals surface area contributed by atoms with Crippen molar-refractivity contribution in [1.82, 2.24) is 20.2 Å². The van der Waals surface area contributed by atoms with Gasteiger partial charge in [0.2, 0.25) is 0 Å². The van der Waals surface area contributed by atoms with Gasteiger partial charge in [-0.25, -0.2) is 4.68 Å². The molecule has 2 aromatic rings. The van der Waals surface area contributed by atoms with Crippen LogP contribution in [0, 0.1) is 0 Å². The summed E-state index contributed by atoms with van der Waals surface area (Å²) < 4.78 is 7.29. The van der Waals surface area contributed by atoms with E-state index in [0.717, 1.165) is 24.2 Å². The van der Waals surface area contributed by atoms with Gasteiger partial charge in [0.15, 0.2) is 5.82 Å². The highest BCUT2D eigenvalue weighted by Crippen LogP contribution is 2.28. The standard InChI is InChI=1S/C14H21N5O/c1-4-6-10(3)19-14(16-17-18-19)11-7-8-13(20-5-2)12(15)9-11/h7-10H,4-6,15H2,1-3H3. The minimum Gasteiger partial charge on any atom is -0.492 e. The van der Waals surface area contributed by atoms with Crippen molar-refractivity contribution in [2.45, 2.75) is 39.7 Å². The van der Waals surface area contributed by atoms with Crippen molar-refractivity contribution in [1.29, 1.82) is 0 Å². The summed E-state index contributed by atoms with van der Waals surface area (Å²) in [5, 5.41) is 12.0. The number of nitrogen functional groups attached to an aromatic ring is 1. The van der Waals surface area contributed by atoms with Crippen LogP contribution in [0.5, 0.6) is 5.75 Å². The largest absolute Gasteiger partial charge is 0.492 e. The lowest BCUT2D eigenvalue weighted by Crippen LogP contribution is -2.09. The smallest absolute Gasteiger partial charge is 0.182 e. The fourth-order valence-electron chi connectivity index (χ4n) is 2.20. The summed E-state index contributed by atoms with van der Waals surface area (Å²) in [6, 6.07) is 5.91. The molecular formula is C14H21N5O. The van der Waals surface area contributed by atoms with Gasteiger partial charge < -0.3 is 10.5 Å². The Morgan fingerprint density at radius 3 is 2.80 bits per heavy atom. The molecule has 0 saturated carbocycles. The van der Waals surface area contributed by atoms with E-state index >= 15 is 0 Å². The van der Waals surface area contributed by atoms with E-state index in [0.29, 0.717) is 18.0 Å². The highest BCUT2D eigenvalue weighted by molar-refractivity contribution is 5.66. The van der Waals surface area contributed by atoms with Crippen molar-refractivity contribution in [2.24, 2.45) is 0 Å². The van der Waals surface area contributed by atoms with E-state index in [2.05, 4.69) is 29.4 Å². The van der Waals surface area contributed by atoms with Crippen LogP contribution in [0.25, 0.3) is 11.4 Å². The highest BCUT2D eigenvalue weighted by atomic mass is 16.5. The number of ether oxygens (including phenoxy) is 1. The Hall–Kier alpha value is -2.11. The summed E-state index contributed by atoms with van der Waals surface area (Å²) in [5.41, 5.74) is 7.50. The van der Waals surface area contributed by atoms with Gasteiger partial charge in [-0.1, -0.05) is 13.3 Å². The van der Waals surface area contributed by atoms with Crippen LogP contribution in [-0.2, 0) is 0 Å². The topological polar surface area (TPSA) is 78.8 Å². The van der Waals surface area contributed by atoms with Crippen molar-refractivity contribution in [3.63, 3.8) is 0 Å².